The third-order valence-corrected chi connectivity index (χ3v) is 3.35. The van der Waals surface area contributed by atoms with Gasteiger partial charge in [-0.05, 0) is 12.1 Å². The molecule has 0 radical (unpaired) electrons. The quantitative estimate of drug-likeness (QED) is 0.887. The van der Waals surface area contributed by atoms with Gasteiger partial charge in [-0.1, -0.05) is 0 Å². The second-order valence-corrected chi connectivity index (χ2v) is 4.82. The molecule has 114 valence electrons. The molecule has 1 aromatic carbocycles. The number of rotatable bonds is 3. The zero-order valence-electron chi connectivity index (χ0n) is 11.2. The molecule has 1 saturated heterocycles. The Kier molecular flexibility index (Phi) is 3.53. The zero-order chi connectivity index (χ0) is 15.7. The van der Waals surface area contributed by atoms with Crippen LogP contribution in [-0.4, -0.2) is 33.5 Å². The third-order valence-electron chi connectivity index (χ3n) is 3.35. The first-order chi connectivity index (χ1) is 10.5. The van der Waals surface area contributed by atoms with E-state index < -0.39 is 29.4 Å². The molecule has 2 aromatic rings. The Balaban J connectivity index is 1.74. The van der Waals surface area contributed by atoms with E-state index in [0.29, 0.717) is 6.07 Å². The monoisotopic (exact) mass is 307 g/mol. The molecule has 2 heterocycles. The summed E-state index contributed by atoms with van der Waals surface area (Å²) < 4.78 is 26.7. The Morgan fingerprint density at radius 3 is 2.91 bits per heavy atom. The normalized spacial score (nSPS) is 17.8. The van der Waals surface area contributed by atoms with Crippen LogP contribution >= 0.6 is 0 Å². The van der Waals surface area contributed by atoms with Gasteiger partial charge in [-0.3, -0.25) is 14.9 Å². The Morgan fingerprint density at radius 1 is 1.41 bits per heavy atom. The topological polar surface area (TPSA) is 91.0 Å². The highest BCUT2D eigenvalue weighted by Crippen LogP contribution is 2.28. The summed E-state index contributed by atoms with van der Waals surface area (Å²) in [5.74, 6) is -2.87. The van der Waals surface area contributed by atoms with Crippen LogP contribution in [0, 0.1) is 17.6 Å². The lowest BCUT2D eigenvalue weighted by molar-refractivity contribution is -0.122. The van der Waals surface area contributed by atoms with Gasteiger partial charge in [0.2, 0.25) is 17.8 Å². The van der Waals surface area contributed by atoms with Crippen LogP contribution in [-0.2, 0) is 9.59 Å². The van der Waals surface area contributed by atoms with Gasteiger partial charge < -0.3 is 4.90 Å². The van der Waals surface area contributed by atoms with E-state index >= 15 is 0 Å². The molecular weight excluding hydrogens is 296 g/mol. The predicted octanol–water partition coefficient (Wildman–Crippen LogP) is 1.07. The summed E-state index contributed by atoms with van der Waals surface area (Å²) in [6, 6.07) is 2.94. The van der Waals surface area contributed by atoms with E-state index in [0.717, 1.165) is 11.0 Å². The second kappa shape index (κ2) is 5.51. The summed E-state index contributed by atoms with van der Waals surface area (Å²) in [7, 11) is 0. The van der Waals surface area contributed by atoms with Gasteiger partial charge in [0.15, 0.2) is 0 Å². The van der Waals surface area contributed by atoms with Crippen molar-refractivity contribution >= 4 is 23.5 Å². The number of hydrogen-bond donors (Lipinski definition) is 2. The van der Waals surface area contributed by atoms with Crippen LogP contribution in [0.4, 0.5) is 20.4 Å². The molecule has 0 saturated carbocycles. The number of benzene rings is 1. The van der Waals surface area contributed by atoms with Gasteiger partial charge in [0, 0.05) is 19.0 Å². The average molecular weight is 307 g/mol. The fourth-order valence-corrected chi connectivity index (χ4v) is 2.30. The van der Waals surface area contributed by atoms with Crippen LogP contribution in [0.1, 0.15) is 6.42 Å². The number of nitrogens with one attached hydrogen (secondary N) is 2. The number of carbonyl (C=O) groups is 2. The largest absolute Gasteiger partial charge is 0.309 e. The highest BCUT2D eigenvalue weighted by molar-refractivity contribution is 6.03. The van der Waals surface area contributed by atoms with Crippen molar-refractivity contribution in [1.29, 1.82) is 0 Å². The van der Waals surface area contributed by atoms with E-state index in [1.807, 2.05) is 0 Å². The number of hydrogen-bond acceptors (Lipinski definition) is 4. The number of amides is 2. The predicted molar refractivity (Wildman–Crippen MR) is 71.8 cm³/mol. The number of halogens is 2. The number of aromatic amines is 1. The molecule has 2 N–H and O–H groups in total. The molecule has 1 unspecified atom stereocenters. The molecule has 1 aliphatic rings. The molecule has 0 bridgehead atoms. The molecule has 2 amide bonds. The Hall–Kier alpha value is -2.84. The van der Waals surface area contributed by atoms with Gasteiger partial charge in [-0.2, -0.15) is 10.1 Å². The lowest BCUT2D eigenvalue weighted by Gasteiger charge is -2.17. The summed E-state index contributed by atoms with van der Waals surface area (Å²) in [6.07, 6.45) is 1.17. The Labute approximate surface area is 123 Å². The second-order valence-electron chi connectivity index (χ2n) is 4.82. The van der Waals surface area contributed by atoms with Crippen molar-refractivity contribution in [2.24, 2.45) is 5.92 Å². The minimum absolute atomic E-state index is 0.0152. The maximum atomic E-state index is 13.8. The van der Waals surface area contributed by atoms with E-state index in [1.165, 1.54) is 12.4 Å². The Morgan fingerprint density at radius 2 is 2.23 bits per heavy atom. The summed E-state index contributed by atoms with van der Waals surface area (Å²) in [5, 5.41) is 8.53. The van der Waals surface area contributed by atoms with E-state index in [4.69, 9.17) is 0 Å². The summed E-state index contributed by atoms with van der Waals surface area (Å²) >= 11 is 0. The van der Waals surface area contributed by atoms with Crippen molar-refractivity contribution in [2.75, 3.05) is 16.8 Å². The highest BCUT2D eigenvalue weighted by Gasteiger charge is 2.36. The first kappa shape index (κ1) is 14.1. The van der Waals surface area contributed by atoms with Crippen molar-refractivity contribution in [1.82, 2.24) is 15.2 Å². The first-order valence-corrected chi connectivity index (χ1v) is 6.46. The van der Waals surface area contributed by atoms with Gasteiger partial charge in [0.1, 0.15) is 18.0 Å². The fourth-order valence-electron chi connectivity index (χ4n) is 2.30. The van der Waals surface area contributed by atoms with Crippen LogP contribution in [0.2, 0.25) is 0 Å². The van der Waals surface area contributed by atoms with E-state index in [2.05, 4.69) is 20.5 Å². The standard InChI is InChI=1S/C13H11F2N5O2/c14-8-1-2-10(9(15)4-8)20-5-7(3-11(20)21)12(22)18-13-16-6-17-19-13/h1-2,4,6-7H,3,5H2,(H2,16,17,18,19,22). The van der Waals surface area contributed by atoms with Crippen LogP contribution in [0.15, 0.2) is 24.5 Å². The van der Waals surface area contributed by atoms with Gasteiger partial charge in [0.25, 0.3) is 0 Å². The average Bonchev–Trinajstić information content (AvgIpc) is 3.09. The number of nitrogens with zero attached hydrogens (tertiary/aromatic N) is 3. The van der Waals surface area contributed by atoms with E-state index in [9.17, 15) is 18.4 Å². The van der Waals surface area contributed by atoms with Crippen molar-refractivity contribution in [3.8, 4) is 0 Å². The first-order valence-electron chi connectivity index (χ1n) is 6.46. The number of carbonyl (C=O) groups excluding carboxylic acids is 2. The van der Waals surface area contributed by atoms with Gasteiger partial charge in [-0.15, -0.1) is 0 Å². The van der Waals surface area contributed by atoms with Gasteiger partial charge in [-0.25, -0.2) is 13.9 Å². The lowest BCUT2D eigenvalue weighted by atomic mass is 10.1. The fraction of sp³-hybridized carbons (Fsp3) is 0.231. The maximum absolute atomic E-state index is 13.8. The molecule has 3 rings (SSSR count). The van der Waals surface area contributed by atoms with E-state index in [1.54, 1.807) is 0 Å². The van der Waals surface area contributed by atoms with Crippen molar-refractivity contribution in [3.05, 3.63) is 36.2 Å². The molecule has 1 aromatic heterocycles. The zero-order valence-corrected chi connectivity index (χ0v) is 11.2. The van der Waals surface area contributed by atoms with Crippen molar-refractivity contribution in [2.45, 2.75) is 6.42 Å². The molecule has 1 atom stereocenters. The van der Waals surface area contributed by atoms with Crippen LogP contribution in [0.3, 0.4) is 0 Å². The summed E-state index contributed by atoms with van der Waals surface area (Å²) in [6.45, 7) is 0.0152. The molecule has 1 aliphatic heterocycles. The third kappa shape index (κ3) is 2.65. The number of aromatic nitrogens is 3. The van der Waals surface area contributed by atoms with Gasteiger partial charge in [0.05, 0.1) is 11.6 Å². The Bertz CT molecular complexity index is 719. The SMILES string of the molecule is O=C(Nc1ncn[nH]1)C1CC(=O)N(c2ccc(F)cc2F)C1. The van der Waals surface area contributed by atoms with Gasteiger partial charge >= 0.3 is 0 Å². The highest BCUT2D eigenvalue weighted by atomic mass is 19.1. The minimum Gasteiger partial charge on any atom is -0.309 e. The molecule has 9 heteroatoms. The number of H-pyrrole nitrogens is 1. The molecule has 0 spiro atoms. The summed E-state index contributed by atoms with van der Waals surface area (Å²) in [5.41, 5.74) is -0.0404. The van der Waals surface area contributed by atoms with Crippen molar-refractivity contribution in [3.63, 3.8) is 0 Å². The van der Waals surface area contributed by atoms with E-state index in [-0.39, 0.29) is 24.6 Å². The maximum Gasteiger partial charge on any atom is 0.232 e. The smallest absolute Gasteiger partial charge is 0.232 e. The summed E-state index contributed by atoms with van der Waals surface area (Å²) in [4.78, 5) is 28.9. The number of anilines is 2. The molecular formula is C13H11F2N5O2. The van der Waals surface area contributed by atoms with Crippen LogP contribution < -0.4 is 10.2 Å². The van der Waals surface area contributed by atoms with Crippen LogP contribution in [0.5, 0.6) is 0 Å². The molecule has 7 nitrogen and oxygen atoms in total. The van der Waals surface area contributed by atoms with Crippen molar-refractivity contribution < 1.29 is 18.4 Å². The molecule has 0 aliphatic carbocycles. The lowest BCUT2D eigenvalue weighted by Crippen LogP contribution is -2.29. The molecule has 1 fully saturated rings. The molecule has 22 heavy (non-hydrogen) atoms. The van der Waals surface area contributed by atoms with Crippen LogP contribution in [0.25, 0.3) is 0 Å². The minimum atomic E-state index is -0.843.